The summed E-state index contributed by atoms with van der Waals surface area (Å²) in [5, 5.41) is 8.34. The van der Waals surface area contributed by atoms with E-state index in [1.165, 1.54) is 5.56 Å². The molecular weight excluding hydrogens is 264 g/mol. The summed E-state index contributed by atoms with van der Waals surface area (Å²) in [6.07, 6.45) is 1.90. The second-order valence-electron chi connectivity index (χ2n) is 5.55. The Kier molecular flexibility index (Phi) is 3.47. The van der Waals surface area contributed by atoms with Crippen molar-refractivity contribution in [3.63, 3.8) is 0 Å². The van der Waals surface area contributed by atoms with Crippen LogP contribution in [0.3, 0.4) is 0 Å². The lowest BCUT2D eigenvalue weighted by Crippen LogP contribution is -2.10. The average Bonchev–Trinajstić information content (AvgIpc) is 3.02. The molecule has 0 aliphatic carbocycles. The van der Waals surface area contributed by atoms with E-state index in [9.17, 15) is 0 Å². The molecule has 2 aromatic heterocycles. The molecule has 2 N–H and O–H groups in total. The maximum Gasteiger partial charge on any atom is 0.163 e. The fourth-order valence-corrected chi connectivity index (χ4v) is 2.55. The van der Waals surface area contributed by atoms with Crippen LogP contribution in [0.15, 0.2) is 24.4 Å². The molecule has 110 valence electrons. The molecule has 0 radical (unpaired) electrons. The zero-order valence-corrected chi connectivity index (χ0v) is 12.6. The van der Waals surface area contributed by atoms with E-state index in [4.69, 9.17) is 10.7 Å². The van der Waals surface area contributed by atoms with Gasteiger partial charge in [0, 0.05) is 12.6 Å². The Balaban J connectivity index is 2.18. The molecule has 0 bridgehead atoms. The zero-order valence-electron chi connectivity index (χ0n) is 12.6. The van der Waals surface area contributed by atoms with Gasteiger partial charge in [0.25, 0.3) is 0 Å². The van der Waals surface area contributed by atoms with Gasteiger partial charge < -0.3 is 10.3 Å². The largest absolute Gasteiger partial charge is 0.329 e. The Morgan fingerprint density at radius 2 is 2.10 bits per heavy atom. The molecule has 0 unspecified atom stereocenters. The number of benzene rings is 1. The molecule has 0 fully saturated rings. The lowest BCUT2D eigenvalue weighted by molar-refractivity contribution is 0.598. The summed E-state index contributed by atoms with van der Waals surface area (Å²) in [5.74, 6) is 0.855. The van der Waals surface area contributed by atoms with E-state index >= 15 is 0 Å². The Hall–Kier alpha value is -2.21. The average molecular weight is 284 g/mol. The standard InChI is InChI=1S/C15H20N6/c1-10(2)21-14-5-4-11(3)8-12(14)17-15(21)13-9-20(7-6-16)19-18-13/h4-5,8-10H,6-7,16H2,1-3H3. The minimum Gasteiger partial charge on any atom is -0.329 e. The normalized spacial score (nSPS) is 11.7. The van der Waals surface area contributed by atoms with Crippen molar-refractivity contribution < 1.29 is 0 Å². The smallest absolute Gasteiger partial charge is 0.163 e. The zero-order chi connectivity index (χ0) is 15.0. The molecule has 6 heteroatoms. The first-order valence-corrected chi connectivity index (χ1v) is 7.19. The van der Waals surface area contributed by atoms with Crippen LogP contribution in [0.25, 0.3) is 22.6 Å². The van der Waals surface area contributed by atoms with Crippen molar-refractivity contribution in [3.8, 4) is 11.5 Å². The Morgan fingerprint density at radius 1 is 1.29 bits per heavy atom. The second kappa shape index (κ2) is 5.29. The van der Waals surface area contributed by atoms with Gasteiger partial charge in [0.2, 0.25) is 0 Å². The topological polar surface area (TPSA) is 74.6 Å². The third-order valence-corrected chi connectivity index (χ3v) is 3.49. The van der Waals surface area contributed by atoms with Crippen LogP contribution in [-0.2, 0) is 6.54 Å². The summed E-state index contributed by atoms with van der Waals surface area (Å²) >= 11 is 0. The molecule has 0 saturated carbocycles. The number of nitrogens with two attached hydrogens (primary N) is 1. The maximum atomic E-state index is 5.56. The minimum absolute atomic E-state index is 0.298. The van der Waals surface area contributed by atoms with Crippen molar-refractivity contribution in [2.24, 2.45) is 5.73 Å². The lowest BCUT2D eigenvalue weighted by atomic mass is 10.2. The van der Waals surface area contributed by atoms with Crippen LogP contribution in [0, 0.1) is 6.92 Å². The quantitative estimate of drug-likeness (QED) is 0.796. The fraction of sp³-hybridized carbons (Fsp3) is 0.400. The van der Waals surface area contributed by atoms with Gasteiger partial charge in [-0.1, -0.05) is 11.3 Å². The van der Waals surface area contributed by atoms with Crippen molar-refractivity contribution in [2.75, 3.05) is 6.54 Å². The Labute approximate surface area is 123 Å². The van der Waals surface area contributed by atoms with Crippen LogP contribution >= 0.6 is 0 Å². The Morgan fingerprint density at radius 3 is 2.81 bits per heavy atom. The predicted octanol–water partition coefficient (Wildman–Crippen LogP) is 2.14. The van der Waals surface area contributed by atoms with E-state index in [0.29, 0.717) is 19.1 Å². The van der Waals surface area contributed by atoms with Crippen LogP contribution in [0.1, 0.15) is 25.5 Å². The van der Waals surface area contributed by atoms with Crippen molar-refractivity contribution in [1.82, 2.24) is 24.5 Å². The van der Waals surface area contributed by atoms with Gasteiger partial charge in [0.15, 0.2) is 5.82 Å². The van der Waals surface area contributed by atoms with Gasteiger partial charge in [-0.05, 0) is 38.5 Å². The van der Waals surface area contributed by atoms with Gasteiger partial charge in [0.05, 0.1) is 23.8 Å². The highest BCUT2D eigenvalue weighted by Crippen LogP contribution is 2.27. The van der Waals surface area contributed by atoms with Crippen LogP contribution in [0.5, 0.6) is 0 Å². The number of hydrogen-bond donors (Lipinski definition) is 1. The molecule has 2 heterocycles. The number of aromatic nitrogens is 5. The van der Waals surface area contributed by atoms with Gasteiger partial charge in [-0.3, -0.25) is 4.68 Å². The molecular formula is C15H20N6. The highest BCUT2D eigenvalue weighted by molar-refractivity contribution is 5.80. The van der Waals surface area contributed by atoms with E-state index in [1.54, 1.807) is 4.68 Å². The lowest BCUT2D eigenvalue weighted by Gasteiger charge is -2.11. The van der Waals surface area contributed by atoms with Crippen molar-refractivity contribution in [3.05, 3.63) is 30.0 Å². The molecule has 0 aliphatic heterocycles. The summed E-state index contributed by atoms with van der Waals surface area (Å²) in [6, 6.07) is 6.62. The summed E-state index contributed by atoms with van der Waals surface area (Å²) < 4.78 is 3.95. The maximum absolute atomic E-state index is 5.56. The fourth-order valence-electron chi connectivity index (χ4n) is 2.55. The molecule has 0 spiro atoms. The highest BCUT2D eigenvalue weighted by atomic mass is 15.4. The van der Waals surface area contributed by atoms with Crippen molar-refractivity contribution in [2.45, 2.75) is 33.4 Å². The number of aryl methyl sites for hydroxylation is 1. The van der Waals surface area contributed by atoms with Gasteiger partial charge in [0.1, 0.15) is 5.69 Å². The van der Waals surface area contributed by atoms with E-state index in [0.717, 1.165) is 22.6 Å². The number of imidazole rings is 1. The molecule has 6 nitrogen and oxygen atoms in total. The monoisotopic (exact) mass is 284 g/mol. The second-order valence-corrected chi connectivity index (χ2v) is 5.55. The van der Waals surface area contributed by atoms with E-state index in [-0.39, 0.29) is 0 Å². The predicted molar refractivity (Wildman–Crippen MR) is 82.9 cm³/mol. The molecule has 3 aromatic rings. The molecule has 21 heavy (non-hydrogen) atoms. The third kappa shape index (κ3) is 2.42. The molecule has 3 rings (SSSR count). The van der Waals surface area contributed by atoms with Gasteiger partial charge >= 0.3 is 0 Å². The van der Waals surface area contributed by atoms with Gasteiger partial charge in [-0.15, -0.1) is 5.10 Å². The number of fused-ring (bicyclic) bond motifs is 1. The van der Waals surface area contributed by atoms with E-state index in [1.807, 2.05) is 6.20 Å². The first kappa shape index (κ1) is 13.8. The molecule has 0 saturated heterocycles. The third-order valence-electron chi connectivity index (χ3n) is 3.49. The van der Waals surface area contributed by atoms with Crippen molar-refractivity contribution >= 4 is 11.0 Å². The van der Waals surface area contributed by atoms with Crippen LogP contribution in [-0.4, -0.2) is 31.1 Å². The molecule has 1 aromatic carbocycles. The first-order valence-electron chi connectivity index (χ1n) is 7.19. The number of nitrogens with zero attached hydrogens (tertiary/aromatic N) is 5. The minimum atomic E-state index is 0.298. The van der Waals surface area contributed by atoms with E-state index in [2.05, 4.69) is 53.8 Å². The number of rotatable bonds is 4. The van der Waals surface area contributed by atoms with Crippen molar-refractivity contribution in [1.29, 1.82) is 0 Å². The van der Waals surface area contributed by atoms with Crippen LogP contribution < -0.4 is 5.73 Å². The van der Waals surface area contributed by atoms with Gasteiger partial charge in [-0.2, -0.15) is 0 Å². The summed E-state index contributed by atoms with van der Waals surface area (Å²) in [5.41, 5.74) is 9.66. The van der Waals surface area contributed by atoms with Crippen LogP contribution in [0.2, 0.25) is 0 Å². The first-order chi connectivity index (χ1) is 10.1. The summed E-state index contributed by atoms with van der Waals surface area (Å²) in [6.45, 7) is 7.57. The molecule has 0 aliphatic rings. The van der Waals surface area contributed by atoms with Crippen LogP contribution in [0.4, 0.5) is 0 Å². The number of hydrogen-bond acceptors (Lipinski definition) is 4. The van der Waals surface area contributed by atoms with E-state index < -0.39 is 0 Å². The Bertz CT molecular complexity index is 768. The summed E-state index contributed by atoms with van der Waals surface area (Å²) in [7, 11) is 0. The molecule has 0 amide bonds. The highest BCUT2D eigenvalue weighted by Gasteiger charge is 2.17. The molecule has 0 atom stereocenters. The SMILES string of the molecule is Cc1ccc2c(c1)nc(-c1cn(CCN)nn1)n2C(C)C. The van der Waals surface area contributed by atoms with Gasteiger partial charge in [-0.25, -0.2) is 4.98 Å². The summed E-state index contributed by atoms with van der Waals surface area (Å²) in [4.78, 5) is 4.75.